The summed E-state index contributed by atoms with van der Waals surface area (Å²) in [5, 5.41) is 3.61. The van der Waals surface area contributed by atoms with E-state index >= 15 is 0 Å². The summed E-state index contributed by atoms with van der Waals surface area (Å²) in [5.41, 5.74) is 2.33. The summed E-state index contributed by atoms with van der Waals surface area (Å²) >= 11 is 0. The standard InChI is InChI=1S/C17H24N4O/c1-3-14-10-17(20-12-19-14)21-7-4-15(5-8-21)18-11-16-13(2)6-9-22-16/h6,9-10,12,15,18H,3-5,7-8,11H2,1-2H3. The molecule has 0 aliphatic carbocycles. The van der Waals surface area contributed by atoms with Crippen LogP contribution in [0.3, 0.4) is 0 Å². The van der Waals surface area contributed by atoms with Crippen molar-refractivity contribution in [3.63, 3.8) is 0 Å². The van der Waals surface area contributed by atoms with Crippen molar-refractivity contribution in [3.8, 4) is 0 Å². The molecule has 2 aromatic rings. The van der Waals surface area contributed by atoms with Gasteiger partial charge in [-0.25, -0.2) is 9.97 Å². The molecule has 22 heavy (non-hydrogen) atoms. The van der Waals surface area contributed by atoms with E-state index in [1.165, 1.54) is 5.56 Å². The molecule has 0 unspecified atom stereocenters. The van der Waals surface area contributed by atoms with Crippen LogP contribution >= 0.6 is 0 Å². The molecule has 0 radical (unpaired) electrons. The molecule has 5 heteroatoms. The Morgan fingerprint density at radius 2 is 2.14 bits per heavy atom. The lowest BCUT2D eigenvalue weighted by molar-refractivity contribution is 0.387. The van der Waals surface area contributed by atoms with Crippen molar-refractivity contribution >= 4 is 5.82 Å². The largest absolute Gasteiger partial charge is 0.468 e. The van der Waals surface area contributed by atoms with E-state index in [1.807, 2.05) is 6.07 Å². The van der Waals surface area contributed by atoms with E-state index in [1.54, 1.807) is 12.6 Å². The van der Waals surface area contributed by atoms with Crippen molar-refractivity contribution in [2.45, 2.75) is 45.7 Å². The first-order valence-corrected chi connectivity index (χ1v) is 8.08. The van der Waals surface area contributed by atoms with Gasteiger partial charge in [-0.1, -0.05) is 6.92 Å². The van der Waals surface area contributed by atoms with Crippen LogP contribution in [0.25, 0.3) is 0 Å². The summed E-state index contributed by atoms with van der Waals surface area (Å²) in [6, 6.07) is 4.67. The minimum atomic E-state index is 0.549. The number of piperidine rings is 1. The minimum Gasteiger partial charge on any atom is -0.468 e. The molecule has 5 nitrogen and oxygen atoms in total. The molecule has 0 bridgehead atoms. The van der Waals surface area contributed by atoms with E-state index in [0.29, 0.717) is 6.04 Å². The lowest BCUT2D eigenvalue weighted by Crippen LogP contribution is -2.42. The first kappa shape index (κ1) is 15.0. The van der Waals surface area contributed by atoms with E-state index in [2.05, 4.69) is 40.1 Å². The SMILES string of the molecule is CCc1cc(N2CCC(NCc3occc3C)CC2)ncn1. The third kappa shape index (κ3) is 3.47. The minimum absolute atomic E-state index is 0.549. The van der Waals surface area contributed by atoms with Gasteiger partial charge in [0.1, 0.15) is 17.9 Å². The second kappa shape index (κ2) is 6.92. The van der Waals surface area contributed by atoms with Gasteiger partial charge in [-0.3, -0.25) is 0 Å². The molecule has 1 saturated heterocycles. The van der Waals surface area contributed by atoms with Gasteiger partial charge in [0.05, 0.1) is 12.8 Å². The Hall–Kier alpha value is -1.88. The van der Waals surface area contributed by atoms with E-state index < -0.39 is 0 Å². The summed E-state index contributed by atoms with van der Waals surface area (Å²) in [6.07, 6.45) is 6.65. The maximum atomic E-state index is 5.48. The first-order chi connectivity index (χ1) is 10.8. The van der Waals surface area contributed by atoms with Crippen LogP contribution in [0.5, 0.6) is 0 Å². The van der Waals surface area contributed by atoms with Crippen molar-refractivity contribution in [2.75, 3.05) is 18.0 Å². The normalized spacial score (nSPS) is 16.2. The third-order valence-electron chi connectivity index (χ3n) is 4.41. The summed E-state index contributed by atoms with van der Waals surface area (Å²) in [5.74, 6) is 2.11. The predicted molar refractivity (Wildman–Crippen MR) is 86.9 cm³/mol. The zero-order chi connectivity index (χ0) is 15.4. The molecule has 0 atom stereocenters. The average molecular weight is 300 g/mol. The van der Waals surface area contributed by atoms with Crippen molar-refractivity contribution < 1.29 is 4.42 Å². The zero-order valence-corrected chi connectivity index (χ0v) is 13.4. The van der Waals surface area contributed by atoms with Crippen LogP contribution in [0, 0.1) is 6.92 Å². The van der Waals surface area contributed by atoms with Gasteiger partial charge in [0.2, 0.25) is 0 Å². The molecule has 1 N–H and O–H groups in total. The maximum Gasteiger partial charge on any atom is 0.132 e. The Kier molecular flexibility index (Phi) is 4.73. The highest BCUT2D eigenvalue weighted by atomic mass is 16.3. The Labute approximate surface area is 131 Å². The Morgan fingerprint density at radius 1 is 1.32 bits per heavy atom. The molecular weight excluding hydrogens is 276 g/mol. The Bertz CT molecular complexity index is 602. The lowest BCUT2D eigenvalue weighted by atomic mass is 10.0. The van der Waals surface area contributed by atoms with Gasteiger partial charge in [-0.2, -0.15) is 0 Å². The van der Waals surface area contributed by atoms with Crippen LogP contribution in [0.1, 0.15) is 36.8 Å². The van der Waals surface area contributed by atoms with Gasteiger partial charge in [0, 0.05) is 30.9 Å². The number of anilines is 1. The fraction of sp³-hybridized carbons (Fsp3) is 0.529. The summed E-state index contributed by atoms with van der Waals surface area (Å²) in [7, 11) is 0. The maximum absolute atomic E-state index is 5.48. The molecule has 0 saturated carbocycles. The second-order valence-electron chi connectivity index (χ2n) is 5.89. The molecular formula is C17H24N4O. The highest BCUT2D eigenvalue weighted by Crippen LogP contribution is 2.19. The van der Waals surface area contributed by atoms with Crippen molar-refractivity contribution in [1.82, 2.24) is 15.3 Å². The monoisotopic (exact) mass is 300 g/mol. The Morgan fingerprint density at radius 3 is 2.82 bits per heavy atom. The summed E-state index contributed by atoms with van der Waals surface area (Å²) < 4.78 is 5.48. The van der Waals surface area contributed by atoms with Crippen LogP contribution < -0.4 is 10.2 Å². The second-order valence-corrected chi connectivity index (χ2v) is 5.89. The fourth-order valence-electron chi connectivity index (χ4n) is 2.89. The van der Waals surface area contributed by atoms with Gasteiger partial charge in [-0.05, 0) is 37.8 Å². The van der Waals surface area contributed by atoms with Crippen LogP contribution in [0.4, 0.5) is 5.82 Å². The predicted octanol–water partition coefficient (Wildman–Crippen LogP) is 2.70. The number of furan rings is 1. The molecule has 0 spiro atoms. The highest BCUT2D eigenvalue weighted by molar-refractivity contribution is 5.39. The molecule has 1 aliphatic rings. The van der Waals surface area contributed by atoms with E-state index in [9.17, 15) is 0 Å². The molecule has 2 aromatic heterocycles. The zero-order valence-electron chi connectivity index (χ0n) is 13.4. The van der Waals surface area contributed by atoms with Crippen molar-refractivity contribution in [3.05, 3.63) is 41.7 Å². The molecule has 118 valence electrons. The van der Waals surface area contributed by atoms with Crippen molar-refractivity contribution in [1.29, 1.82) is 0 Å². The van der Waals surface area contributed by atoms with E-state index in [-0.39, 0.29) is 0 Å². The molecule has 3 rings (SSSR count). The van der Waals surface area contributed by atoms with Crippen molar-refractivity contribution in [2.24, 2.45) is 0 Å². The molecule has 3 heterocycles. The molecule has 1 aliphatic heterocycles. The van der Waals surface area contributed by atoms with Crippen LogP contribution in [-0.4, -0.2) is 29.1 Å². The smallest absolute Gasteiger partial charge is 0.132 e. The van der Waals surface area contributed by atoms with Crippen LogP contribution in [0.15, 0.2) is 29.1 Å². The molecule has 1 fully saturated rings. The average Bonchev–Trinajstić information content (AvgIpc) is 2.98. The van der Waals surface area contributed by atoms with Gasteiger partial charge >= 0.3 is 0 Å². The number of nitrogens with zero attached hydrogens (tertiary/aromatic N) is 3. The van der Waals surface area contributed by atoms with Gasteiger partial charge in [-0.15, -0.1) is 0 Å². The van der Waals surface area contributed by atoms with Gasteiger partial charge in [0.15, 0.2) is 0 Å². The number of aryl methyl sites for hydroxylation is 2. The summed E-state index contributed by atoms with van der Waals surface area (Å²) in [6.45, 7) is 7.10. The quantitative estimate of drug-likeness (QED) is 0.920. The molecule has 0 amide bonds. The number of hydrogen-bond donors (Lipinski definition) is 1. The topological polar surface area (TPSA) is 54.2 Å². The Balaban J connectivity index is 1.50. The number of hydrogen-bond acceptors (Lipinski definition) is 5. The van der Waals surface area contributed by atoms with Gasteiger partial charge in [0.25, 0.3) is 0 Å². The van der Waals surface area contributed by atoms with Gasteiger partial charge < -0.3 is 14.6 Å². The number of nitrogens with one attached hydrogen (secondary N) is 1. The van der Waals surface area contributed by atoms with E-state index in [0.717, 1.165) is 56.2 Å². The lowest BCUT2D eigenvalue weighted by Gasteiger charge is -2.33. The number of rotatable bonds is 5. The molecule has 0 aromatic carbocycles. The number of aromatic nitrogens is 2. The highest BCUT2D eigenvalue weighted by Gasteiger charge is 2.20. The third-order valence-corrected chi connectivity index (χ3v) is 4.41. The summed E-state index contributed by atoms with van der Waals surface area (Å²) in [4.78, 5) is 11.0. The van der Waals surface area contributed by atoms with E-state index in [4.69, 9.17) is 4.42 Å². The fourth-order valence-corrected chi connectivity index (χ4v) is 2.89. The first-order valence-electron chi connectivity index (χ1n) is 8.08. The van der Waals surface area contributed by atoms with Crippen LogP contribution in [0.2, 0.25) is 0 Å². The van der Waals surface area contributed by atoms with Crippen LogP contribution in [-0.2, 0) is 13.0 Å².